The lowest BCUT2D eigenvalue weighted by Gasteiger charge is -2.05. The van der Waals surface area contributed by atoms with E-state index in [0.29, 0.717) is 28.8 Å². The van der Waals surface area contributed by atoms with Crippen molar-refractivity contribution in [1.82, 2.24) is 9.59 Å². The Morgan fingerprint density at radius 3 is 2.69 bits per heavy atom. The Balaban J connectivity index is 1.48. The minimum Gasteiger partial charge on any atom is -0.321 e. The van der Waals surface area contributed by atoms with Crippen molar-refractivity contribution in [3.8, 4) is 0 Å². The predicted octanol–water partition coefficient (Wildman–Crippen LogP) is 3.69. The highest BCUT2D eigenvalue weighted by molar-refractivity contribution is 7.03. The standard InChI is InChI=1S/C18H12ClN5OS/c19-13-3-1-2-12(8-13)17-20-9-15(22-17)11-4-6-14(7-5-11)21-18(25)16-10-26-24-23-16/h1-8,10H,9H2,(H,21,25). The van der Waals surface area contributed by atoms with E-state index in [0.717, 1.165) is 28.4 Å². The second kappa shape index (κ2) is 7.15. The summed E-state index contributed by atoms with van der Waals surface area (Å²) in [6, 6.07) is 14.9. The highest BCUT2D eigenvalue weighted by Crippen LogP contribution is 2.18. The maximum Gasteiger partial charge on any atom is 0.277 e. The van der Waals surface area contributed by atoms with Crippen LogP contribution in [0.4, 0.5) is 5.69 Å². The van der Waals surface area contributed by atoms with Crippen LogP contribution in [0.1, 0.15) is 21.6 Å². The summed E-state index contributed by atoms with van der Waals surface area (Å²) >= 11 is 7.17. The van der Waals surface area contributed by atoms with E-state index in [-0.39, 0.29) is 5.91 Å². The highest BCUT2D eigenvalue weighted by atomic mass is 35.5. The molecule has 1 aliphatic heterocycles. The summed E-state index contributed by atoms with van der Waals surface area (Å²) in [7, 11) is 0. The SMILES string of the molecule is O=C(Nc1ccc(C2=NC(c3cccc(Cl)c3)=NC2)cc1)c1csnn1. The number of amidine groups is 1. The van der Waals surface area contributed by atoms with Gasteiger partial charge in [-0.1, -0.05) is 40.4 Å². The normalized spacial score (nSPS) is 13.3. The largest absolute Gasteiger partial charge is 0.321 e. The molecule has 8 heteroatoms. The van der Waals surface area contributed by atoms with E-state index in [1.165, 1.54) is 0 Å². The molecule has 1 aromatic heterocycles. The van der Waals surface area contributed by atoms with E-state index < -0.39 is 0 Å². The summed E-state index contributed by atoms with van der Waals surface area (Å²) in [5.74, 6) is 0.396. The van der Waals surface area contributed by atoms with Gasteiger partial charge in [-0.2, -0.15) is 0 Å². The Morgan fingerprint density at radius 2 is 1.96 bits per heavy atom. The van der Waals surface area contributed by atoms with Gasteiger partial charge >= 0.3 is 0 Å². The van der Waals surface area contributed by atoms with Gasteiger partial charge in [-0.25, -0.2) is 4.99 Å². The molecule has 0 atom stereocenters. The van der Waals surface area contributed by atoms with Gasteiger partial charge in [0.1, 0.15) is 0 Å². The number of benzene rings is 2. The lowest BCUT2D eigenvalue weighted by molar-refractivity contribution is 0.102. The molecule has 0 saturated heterocycles. The molecule has 1 N–H and O–H groups in total. The zero-order valence-corrected chi connectivity index (χ0v) is 15.0. The maximum absolute atomic E-state index is 12.0. The van der Waals surface area contributed by atoms with Crippen molar-refractivity contribution in [2.24, 2.45) is 9.98 Å². The summed E-state index contributed by atoms with van der Waals surface area (Å²) in [4.78, 5) is 21.1. The van der Waals surface area contributed by atoms with Crippen molar-refractivity contribution in [2.45, 2.75) is 0 Å². The van der Waals surface area contributed by atoms with Gasteiger partial charge in [-0.15, -0.1) is 5.10 Å². The topological polar surface area (TPSA) is 79.6 Å². The predicted molar refractivity (Wildman–Crippen MR) is 104 cm³/mol. The second-order valence-corrected chi connectivity index (χ2v) is 6.58. The Bertz CT molecular complexity index is 1010. The van der Waals surface area contributed by atoms with Gasteiger partial charge in [0.25, 0.3) is 5.91 Å². The quantitative estimate of drug-likeness (QED) is 0.748. The number of rotatable bonds is 4. The van der Waals surface area contributed by atoms with Crippen molar-refractivity contribution in [1.29, 1.82) is 0 Å². The van der Waals surface area contributed by atoms with Crippen LogP contribution in [0.5, 0.6) is 0 Å². The Kier molecular flexibility index (Phi) is 4.55. The fourth-order valence-electron chi connectivity index (χ4n) is 2.49. The monoisotopic (exact) mass is 381 g/mol. The lowest BCUT2D eigenvalue weighted by atomic mass is 10.1. The number of aliphatic imine (C=N–C) groups is 2. The van der Waals surface area contributed by atoms with Gasteiger partial charge in [-0.05, 0) is 41.4 Å². The Hall–Kier alpha value is -2.90. The van der Waals surface area contributed by atoms with Gasteiger partial charge in [0.15, 0.2) is 11.5 Å². The summed E-state index contributed by atoms with van der Waals surface area (Å²) < 4.78 is 3.68. The minimum atomic E-state index is -0.281. The number of carbonyl (C=O) groups is 1. The fourth-order valence-corrected chi connectivity index (χ4v) is 3.12. The molecule has 0 spiro atoms. The molecular formula is C18H12ClN5OS. The van der Waals surface area contributed by atoms with Crippen LogP contribution >= 0.6 is 23.1 Å². The number of amides is 1. The third-order valence-corrected chi connectivity index (χ3v) is 4.51. The molecule has 6 nitrogen and oxygen atoms in total. The van der Waals surface area contributed by atoms with E-state index in [1.807, 2.05) is 48.5 Å². The van der Waals surface area contributed by atoms with Crippen LogP contribution in [0.3, 0.4) is 0 Å². The van der Waals surface area contributed by atoms with E-state index in [1.54, 1.807) is 5.38 Å². The number of carbonyl (C=O) groups excluding carboxylic acids is 1. The molecule has 0 unspecified atom stereocenters. The third-order valence-electron chi connectivity index (χ3n) is 3.77. The van der Waals surface area contributed by atoms with Crippen molar-refractivity contribution >= 4 is 46.3 Å². The summed E-state index contributed by atoms with van der Waals surface area (Å²) in [5.41, 5.74) is 3.72. The summed E-state index contributed by atoms with van der Waals surface area (Å²) in [5, 5.41) is 8.79. The molecular weight excluding hydrogens is 370 g/mol. The second-order valence-electron chi connectivity index (χ2n) is 5.53. The molecule has 0 bridgehead atoms. The zero-order chi connectivity index (χ0) is 17.9. The highest BCUT2D eigenvalue weighted by Gasteiger charge is 2.14. The number of halogens is 1. The smallest absolute Gasteiger partial charge is 0.277 e. The number of hydrogen-bond acceptors (Lipinski definition) is 6. The molecule has 0 aliphatic carbocycles. The van der Waals surface area contributed by atoms with Crippen LogP contribution in [-0.4, -0.2) is 33.6 Å². The van der Waals surface area contributed by atoms with E-state index in [9.17, 15) is 4.79 Å². The summed E-state index contributed by atoms with van der Waals surface area (Å²) in [6.07, 6.45) is 0. The first kappa shape index (κ1) is 16.6. The summed E-state index contributed by atoms with van der Waals surface area (Å²) in [6.45, 7) is 0.512. The number of hydrogen-bond donors (Lipinski definition) is 1. The van der Waals surface area contributed by atoms with Crippen molar-refractivity contribution < 1.29 is 4.79 Å². The maximum atomic E-state index is 12.0. The Labute approximate surface area is 158 Å². The van der Waals surface area contributed by atoms with Gasteiger partial charge in [0.2, 0.25) is 0 Å². The van der Waals surface area contributed by atoms with Gasteiger partial charge < -0.3 is 5.32 Å². The van der Waals surface area contributed by atoms with Crippen LogP contribution < -0.4 is 5.32 Å². The van der Waals surface area contributed by atoms with E-state index in [2.05, 4.69) is 24.9 Å². The molecule has 0 fully saturated rings. The molecule has 1 aliphatic rings. The zero-order valence-electron chi connectivity index (χ0n) is 13.4. The number of nitrogens with one attached hydrogen (secondary N) is 1. The van der Waals surface area contributed by atoms with E-state index in [4.69, 9.17) is 11.6 Å². The van der Waals surface area contributed by atoms with Crippen LogP contribution in [0, 0.1) is 0 Å². The van der Waals surface area contributed by atoms with Crippen LogP contribution in [0.15, 0.2) is 63.9 Å². The molecule has 0 radical (unpaired) electrons. The molecule has 4 rings (SSSR count). The third kappa shape index (κ3) is 3.54. The average Bonchev–Trinajstić information content (AvgIpc) is 3.35. The fraction of sp³-hybridized carbons (Fsp3) is 0.0556. The van der Waals surface area contributed by atoms with E-state index >= 15 is 0 Å². The Morgan fingerprint density at radius 1 is 1.12 bits per heavy atom. The van der Waals surface area contributed by atoms with Crippen molar-refractivity contribution in [2.75, 3.05) is 11.9 Å². The van der Waals surface area contributed by atoms with Gasteiger partial charge in [-0.3, -0.25) is 9.79 Å². The first-order valence-electron chi connectivity index (χ1n) is 7.76. The number of aromatic nitrogens is 2. The number of nitrogens with zero attached hydrogens (tertiary/aromatic N) is 4. The molecule has 2 aromatic carbocycles. The molecule has 3 aromatic rings. The molecule has 1 amide bonds. The van der Waals surface area contributed by atoms with Crippen LogP contribution in [0.2, 0.25) is 5.02 Å². The number of anilines is 1. The first-order chi connectivity index (χ1) is 12.7. The molecule has 128 valence electrons. The minimum absolute atomic E-state index is 0.281. The van der Waals surface area contributed by atoms with Crippen molar-refractivity contribution in [3.05, 3.63) is 75.8 Å². The molecule has 0 saturated carbocycles. The van der Waals surface area contributed by atoms with Gasteiger partial charge in [0.05, 0.1) is 12.3 Å². The van der Waals surface area contributed by atoms with Gasteiger partial charge in [0, 0.05) is 21.7 Å². The lowest BCUT2D eigenvalue weighted by Crippen LogP contribution is -2.12. The molecule has 2 heterocycles. The van der Waals surface area contributed by atoms with Crippen LogP contribution in [0.25, 0.3) is 0 Å². The van der Waals surface area contributed by atoms with Crippen molar-refractivity contribution in [3.63, 3.8) is 0 Å². The molecule has 26 heavy (non-hydrogen) atoms. The average molecular weight is 382 g/mol. The van der Waals surface area contributed by atoms with Crippen LogP contribution in [-0.2, 0) is 0 Å². The first-order valence-corrected chi connectivity index (χ1v) is 8.97.